The van der Waals surface area contributed by atoms with Crippen LogP contribution in [0.3, 0.4) is 0 Å². The Labute approximate surface area is 393 Å². The molecule has 4 heteroatoms. The van der Waals surface area contributed by atoms with Gasteiger partial charge in [0.05, 0.1) is 0 Å². The van der Waals surface area contributed by atoms with Crippen molar-refractivity contribution in [3.8, 4) is 11.1 Å². The van der Waals surface area contributed by atoms with Gasteiger partial charge in [0.15, 0.2) is 8.07 Å². The van der Waals surface area contributed by atoms with Crippen LogP contribution in [0.15, 0.2) is 259 Å². The van der Waals surface area contributed by atoms with Crippen molar-refractivity contribution < 1.29 is 4.42 Å². The molecule has 0 spiro atoms. The molecular weight excluding hydrogens is 829 g/mol. The predicted molar refractivity (Wildman–Crippen MR) is 284 cm³/mol. The average Bonchev–Trinajstić information content (AvgIpc) is 3.87. The second-order valence-electron chi connectivity index (χ2n) is 18.1. The molecule has 1 aliphatic carbocycles. The first kappa shape index (κ1) is 40.3. The molecule has 0 N–H and O–H groups in total. The Hall–Kier alpha value is -8.18. The van der Waals surface area contributed by atoms with Crippen LogP contribution in [0.4, 0.5) is 34.1 Å². The van der Waals surface area contributed by atoms with Gasteiger partial charge in [0, 0.05) is 56.4 Å². The molecule has 1 heterocycles. The highest BCUT2D eigenvalue weighted by atomic mass is 28.3. The van der Waals surface area contributed by atoms with E-state index in [1.165, 1.54) is 43.0 Å². The molecule has 0 radical (unpaired) electrons. The number of benzene rings is 10. The third kappa shape index (κ3) is 6.63. The summed E-state index contributed by atoms with van der Waals surface area (Å²) in [5, 5.41) is 7.41. The monoisotopic (exact) mass is 876 g/mol. The van der Waals surface area contributed by atoms with E-state index in [-0.39, 0.29) is 5.41 Å². The summed E-state index contributed by atoms with van der Waals surface area (Å²) in [7, 11) is -3.21. The number of hydrogen-bond donors (Lipinski definition) is 0. The van der Waals surface area contributed by atoms with E-state index < -0.39 is 8.07 Å². The lowest BCUT2D eigenvalue weighted by Gasteiger charge is -2.39. The van der Waals surface area contributed by atoms with Crippen LogP contribution in [0.5, 0.6) is 0 Å². The number of rotatable bonds is 10. The smallest absolute Gasteiger partial charge is 0.181 e. The first-order chi connectivity index (χ1) is 33.0. The van der Waals surface area contributed by atoms with Gasteiger partial charge in [-0.15, -0.1) is 0 Å². The highest BCUT2D eigenvalue weighted by Gasteiger charge is 2.44. The number of nitrogens with zero attached hydrogens (tertiary/aromatic N) is 2. The third-order valence-corrected chi connectivity index (χ3v) is 18.8. The van der Waals surface area contributed by atoms with Crippen molar-refractivity contribution in [1.82, 2.24) is 0 Å². The summed E-state index contributed by atoms with van der Waals surface area (Å²) in [6, 6.07) is 93.6. The van der Waals surface area contributed by atoms with E-state index in [4.69, 9.17) is 4.42 Å². The number of para-hydroxylation sites is 4. The van der Waals surface area contributed by atoms with Gasteiger partial charge in [0.25, 0.3) is 0 Å². The van der Waals surface area contributed by atoms with Gasteiger partial charge in [-0.2, -0.15) is 0 Å². The Balaban J connectivity index is 1.12. The lowest BCUT2D eigenvalue weighted by atomic mass is 9.82. The summed E-state index contributed by atoms with van der Waals surface area (Å²) in [6.07, 6.45) is 0. The van der Waals surface area contributed by atoms with Gasteiger partial charge >= 0.3 is 0 Å². The zero-order chi connectivity index (χ0) is 45.0. The lowest BCUT2D eigenvalue weighted by Crippen LogP contribution is -2.75. The molecule has 3 nitrogen and oxygen atoms in total. The van der Waals surface area contributed by atoms with Gasteiger partial charge < -0.3 is 14.2 Å². The van der Waals surface area contributed by atoms with Crippen molar-refractivity contribution in [3.05, 3.63) is 266 Å². The van der Waals surface area contributed by atoms with Gasteiger partial charge in [-0.05, 0) is 116 Å². The van der Waals surface area contributed by atoms with Crippen LogP contribution in [-0.2, 0) is 5.41 Å². The standard InChI is InChI=1S/C63H48N2OSi/c1-63(2)57-34-17-15-32-53(57)56-43-48(39-41-58(56)63)65(46-24-9-4-10-25-46)59-35-18-20-37-62(59)67(50-27-11-5-12-28-50,51-29-13-6-14-30-51)52-31-21-26-47(42-52)64(45-22-7-3-8-23-45)49-38-40-55-54-33-16-19-36-60(54)66-61(55)44-49/h3-44H,1-2H3. The van der Waals surface area contributed by atoms with Gasteiger partial charge in [-0.3, -0.25) is 0 Å². The minimum absolute atomic E-state index is 0.0981. The molecule has 0 aliphatic heterocycles. The van der Waals surface area contributed by atoms with Crippen molar-refractivity contribution in [2.24, 2.45) is 0 Å². The summed E-state index contributed by atoms with van der Waals surface area (Å²) in [5.41, 5.74) is 13.5. The van der Waals surface area contributed by atoms with Gasteiger partial charge in [0.2, 0.25) is 0 Å². The van der Waals surface area contributed by atoms with Crippen molar-refractivity contribution >= 4 is 84.9 Å². The molecule has 1 aromatic heterocycles. The second-order valence-corrected chi connectivity index (χ2v) is 21.8. The third-order valence-electron chi connectivity index (χ3n) is 14.0. The van der Waals surface area contributed by atoms with E-state index in [9.17, 15) is 0 Å². The van der Waals surface area contributed by atoms with Crippen molar-refractivity contribution in [2.75, 3.05) is 9.80 Å². The van der Waals surface area contributed by atoms with E-state index in [1.54, 1.807) is 0 Å². The summed E-state index contributed by atoms with van der Waals surface area (Å²) >= 11 is 0. The zero-order valence-electron chi connectivity index (χ0n) is 37.6. The summed E-state index contributed by atoms with van der Waals surface area (Å²) in [6.45, 7) is 4.71. The summed E-state index contributed by atoms with van der Waals surface area (Å²) in [4.78, 5) is 4.87. The van der Waals surface area contributed by atoms with Crippen LogP contribution in [0, 0.1) is 0 Å². The largest absolute Gasteiger partial charge is 0.456 e. The molecule has 11 aromatic rings. The van der Waals surface area contributed by atoms with E-state index in [2.05, 4.69) is 266 Å². The normalized spacial score (nSPS) is 12.7. The molecule has 0 amide bonds. The molecule has 10 aromatic carbocycles. The minimum Gasteiger partial charge on any atom is -0.456 e. The minimum atomic E-state index is -3.21. The van der Waals surface area contributed by atoms with Gasteiger partial charge in [-0.1, -0.05) is 190 Å². The fourth-order valence-electron chi connectivity index (χ4n) is 10.9. The Kier molecular flexibility index (Phi) is 9.85. The molecule has 0 atom stereocenters. The maximum absolute atomic E-state index is 6.50. The Morgan fingerprint density at radius 3 is 1.58 bits per heavy atom. The topological polar surface area (TPSA) is 19.6 Å². The Bertz CT molecular complexity index is 3530. The van der Waals surface area contributed by atoms with Crippen molar-refractivity contribution in [1.29, 1.82) is 0 Å². The second kappa shape index (κ2) is 16.4. The maximum Gasteiger partial charge on any atom is 0.181 e. The fraction of sp³-hybridized carbons (Fsp3) is 0.0476. The quantitative estimate of drug-likeness (QED) is 0.101. The molecule has 12 rings (SSSR count). The molecular formula is C63H48N2OSi. The molecule has 0 saturated carbocycles. The molecule has 320 valence electrons. The Morgan fingerprint density at radius 1 is 0.343 bits per heavy atom. The zero-order valence-corrected chi connectivity index (χ0v) is 38.6. The number of anilines is 6. The van der Waals surface area contributed by atoms with Crippen LogP contribution in [0.1, 0.15) is 25.0 Å². The van der Waals surface area contributed by atoms with Gasteiger partial charge in [0.1, 0.15) is 11.2 Å². The van der Waals surface area contributed by atoms with Crippen LogP contribution in [-0.4, -0.2) is 8.07 Å². The molecule has 0 saturated heterocycles. The first-order valence-electron chi connectivity index (χ1n) is 23.2. The van der Waals surface area contributed by atoms with Crippen LogP contribution < -0.4 is 30.5 Å². The molecule has 0 unspecified atom stereocenters. The van der Waals surface area contributed by atoms with Gasteiger partial charge in [-0.25, -0.2) is 0 Å². The fourth-order valence-corrected chi connectivity index (χ4v) is 15.9. The van der Waals surface area contributed by atoms with Crippen LogP contribution >= 0.6 is 0 Å². The molecule has 67 heavy (non-hydrogen) atoms. The van der Waals surface area contributed by atoms with Crippen LogP contribution in [0.2, 0.25) is 0 Å². The maximum atomic E-state index is 6.50. The number of fused-ring (bicyclic) bond motifs is 6. The first-order valence-corrected chi connectivity index (χ1v) is 25.2. The molecule has 0 fully saturated rings. The van der Waals surface area contributed by atoms with E-state index in [0.717, 1.165) is 56.1 Å². The number of hydrogen-bond acceptors (Lipinski definition) is 3. The lowest BCUT2D eigenvalue weighted by molar-refractivity contribution is 0.660. The highest BCUT2D eigenvalue weighted by Crippen LogP contribution is 2.50. The number of furan rings is 1. The van der Waals surface area contributed by atoms with Crippen molar-refractivity contribution in [3.63, 3.8) is 0 Å². The SMILES string of the molecule is CC1(C)c2ccccc2-c2cc(N(c3ccccc3)c3ccccc3[Si](c3ccccc3)(c3ccccc3)c3cccc(N(c4ccccc4)c4ccc5c(c4)oc4ccccc45)c3)ccc21. The summed E-state index contributed by atoms with van der Waals surface area (Å²) < 4.78 is 6.50. The highest BCUT2D eigenvalue weighted by molar-refractivity contribution is 7.20. The summed E-state index contributed by atoms with van der Waals surface area (Å²) in [5.74, 6) is 0. The molecule has 1 aliphatic rings. The molecule has 0 bridgehead atoms. The predicted octanol–water partition coefficient (Wildman–Crippen LogP) is 14.2. The van der Waals surface area contributed by atoms with E-state index in [0.29, 0.717) is 0 Å². The van der Waals surface area contributed by atoms with Crippen molar-refractivity contribution in [2.45, 2.75) is 19.3 Å². The average molecular weight is 877 g/mol. The Morgan fingerprint density at radius 2 is 0.851 bits per heavy atom. The van der Waals surface area contributed by atoms with E-state index in [1.807, 2.05) is 12.1 Å². The van der Waals surface area contributed by atoms with Crippen LogP contribution in [0.25, 0.3) is 33.1 Å². The van der Waals surface area contributed by atoms with E-state index >= 15 is 0 Å².